The zero-order valence-corrected chi connectivity index (χ0v) is 17.0. The van der Waals surface area contributed by atoms with Gasteiger partial charge in [-0.15, -0.1) is 0 Å². The van der Waals surface area contributed by atoms with Gasteiger partial charge in [0.2, 0.25) is 0 Å². The number of amides is 1. The Morgan fingerprint density at radius 2 is 2.07 bits per heavy atom. The fourth-order valence-electron chi connectivity index (χ4n) is 5.91. The van der Waals surface area contributed by atoms with Gasteiger partial charge in [-0.1, -0.05) is 0 Å². The van der Waals surface area contributed by atoms with Gasteiger partial charge in [0.1, 0.15) is 11.5 Å². The lowest BCUT2D eigenvalue weighted by atomic mass is 9.86. The van der Waals surface area contributed by atoms with Gasteiger partial charge >= 0.3 is 0 Å². The van der Waals surface area contributed by atoms with Crippen LogP contribution in [-0.4, -0.2) is 76.5 Å². The topological polar surface area (TPSA) is 54.6 Å². The van der Waals surface area contributed by atoms with E-state index < -0.39 is 0 Å². The molecule has 1 aromatic carbocycles. The van der Waals surface area contributed by atoms with E-state index in [-0.39, 0.29) is 11.7 Å². The summed E-state index contributed by atoms with van der Waals surface area (Å²) in [6, 6.07) is 5.79. The number of aromatic nitrogens is 1. The highest BCUT2D eigenvalue weighted by atomic mass is 19.1. The first-order valence-electron chi connectivity index (χ1n) is 10.8. The summed E-state index contributed by atoms with van der Waals surface area (Å²) < 4.78 is 13.7. The van der Waals surface area contributed by atoms with Gasteiger partial charge in [-0.3, -0.25) is 15.1 Å². The number of rotatable bonds is 1. The van der Waals surface area contributed by atoms with Crippen LogP contribution in [0.25, 0.3) is 10.9 Å². The molecule has 154 valence electrons. The van der Waals surface area contributed by atoms with Crippen LogP contribution in [0.4, 0.5) is 4.39 Å². The highest BCUT2D eigenvalue weighted by Gasteiger charge is 2.57. The van der Waals surface area contributed by atoms with Crippen LogP contribution in [-0.2, 0) is 0 Å². The Bertz CT molecular complexity index is 998. The molecule has 1 saturated carbocycles. The number of benzene rings is 1. The van der Waals surface area contributed by atoms with E-state index in [0.717, 1.165) is 43.5 Å². The number of carbonyl (C=O) groups excluding carboxylic acids is 1. The van der Waals surface area contributed by atoms with Gasteiger partial charge in [-0.25, -0.2) is 9.40 Å². The maximum absolute atomic E-state index is 13.7. The molecule has 6 nitrogen and oxygen atoms in total. The van der Waals surface area contributed by atoms with Crippen molar-refractivity contribution in [1.29, 1.82) is 0 Å². The molecular formula is C22H28FN5O. The monoisotopic (exact) mass is 397 g/mol. The molecular weight excluding hydrogens is 369 g/mol. The second-order valence-electron chi connectivity index (χ2n) is 9.61. The lowest BCUT2D eigenvalue weighted by Gasteiger charge is -2.44. The number of likely N-dealkylation sites (tertiary alicyclic amines) is 1. The van der Waals surface area contributed by atoms with Gasteiger partial charge in [0, 0.05) is 60.6 Å². The standard InChI is InChI=1S/C22H28FN5O/c1-13-7-14(23)8-18-15(13)9-19(24-18)21(29)27-6-3-17-16(10-27)20-11-26(2)22(4-5-22)12-28(20)25-17/h7-9,16-17,20,24-25H,3-6,10-12H2,1-2H3. The first-order valence-corrected chi connectivity index (χ1v) is 10.8. The predicted octanol–water partition coefficient (Wildman–Crippen LogP) is 2.11. The molecule has 0 radical (unpaired) electrons. The van der Waals surface area contributed by atoms with Crippen LogP contribution < -0.4 is 5.43 Å². The predicted molar refractivity (Wildman–Crippen MR) is 109 cm³/mol. The van der Waals surface area contributed by atoms with Crippen LogP contribution in [0.5, 0.6) is 0 Å². The molecule has 1 amide bonds. The lowest BCUT2D eigenvalue weighted by molar-refractivity contribution is 0.0164. The van der Waals surface area contributed by atoms with Gasteiger partial charge in [0.25, 0.3) is 5.91 Å². The first kappa shape index (κ1) is 17.9. The van der Waals surface area contributed by atoms with Crippen molar-refractivity contribution in [2.45, 2.75) is 43.8 Å². The minimum absolute atomic E-state index is 0.0285. The number of hydrogen-bond donors (Lipinski definition) is 2. The lowest BCUT2D eigenvalue weighted by Crippen LogP contribution is -2.60. The van der Waals surface area contributed by atoms with Crippen LogP contribution in [0.1, 0.15) is 35.3 Å². The summed E-state index contributed by atoms with van der Waals surface area (Å²) in [7, 11) is 2.26. The Morgan fingerprint density at radius 3 is 2.86 bits per heavy atom. The van der Waals surface area contributed by atoms with Crippen LogP contribution in [0, 0.1) is 18.7 Å². The van der Waals surface area contributed by atoms with E-state index in [1.165, 1.54) is 25.0 Å². The molecule has 3 aliphatic heterocycles. The molecule has 3 atom stereocenters. The second kappa shape index (κ2) is 6.03. The number of halogens is 1. The number of nitrogens with one attached hydrogen (secondary N) is 2. The third-order valence-electron chi connectivity index (χ3n) is 7.87. The van der Waals surface area contributed by atoms with Crippen LogP contribution in [0.15, 0.2) is 18.2 Å². The number of piperidine rings is 1. The Balaban J connectivity index is 1.23. The second-order valence-corrected chi connectivity index (χ2v) is 9.61. The zero-order chi connectivity index (χ0) is 19.9. The molecule has 4 aliphatic rings. The molecule has 3 saturated heterocycles. The van der Waals surface area contributed by atoms with Crippen molar-refractivity contribution in [2.24, 2.45) is 5.92 Å². The summed E-state index contributed by atoms with van der Waals surface area (Å²) in [5.41, 5.74) is 6.26. The molecule has 3 unspecified atom stereocenters. The van der Waals surface area contributed by atoms with E-state index in [2.05, 4.69) is 27.4 Å². The summed E-state index contributed by atoms with van der Waals surface area (Å²) in [4.78, 5) is 20.9. The van der Waals surface area contributed by atoms with Crippen LogP contribution >= 0.6 is 0 Å². The van der Waals surface area contributed by atoms with Crippen molar-refractivity contribution in [3.8, 4) is 0 Å². The van der Waals surface area contributed by atoms with Gasteiger partial charge < -0.3 is 9.88 Å². The van der Waals surface area contributed by atoms with E-state index in [4.69, 9.17) is 0 Å². The quantitative estimate of drug-likeness (QED) is 0.774. The third kappa shape index (κ3) is 2.67. The molecule has 29 heavy (non-hydrogen) atoms. The molecule has 0 bridgehead atoms. The van der Waals surface area contributed by atoms with Gasteiger partial charge in [0.15, 0.2) is 0 Å². The molecule has 1 aromatic heterocycles. The normalized spacial score (nSPS) is 31.3. The Kier molecular flexibility index (Phi) is 3.71. The molecule has 2 N–H and O–H groups in total. The number of piperazine rings is 1. The van der Waals surface area contributed by atoms with Crippen molar-refractivity contribution in [2.75, 3.05) is 33.2 Å². The Hall–Kier alpha value is -1.96. The molecule has 7 heteroatoms. The SMILES string of the molecule is Cc1cc(F)cc2[nH]c(C(=O)N3CCC4NN5CC6(CC6)N(C)CC5C4C3)cc12. The number of likely N-dealkylation sites (N-methyl/N-ethyl adjacent to an activating group) is 1. The number of hydrogen-bond acceptors (Lipinski definition) is 4. The largest absolute Gasteiger partial charge is 0.350 e. The van der Waals surface area contributed by atoms with E-state index >= 15 is 0 Å². The summed E-state index contributed by atoms with van der Waals surface area (Å²) in [6.07, 6.45) is 3.58. The molecule has 1 spiro atoms. The van der Waals surface area contributed by atoms with E-state index in [0.29, 0.717) is 34.8 Å². The van der Waals surface area contributed by atoms with Gasteiger partial charge in [-0.05, 0) is 57.0 Å². The fraction of sp³-hybridized carbons (Fsp3) is 0.591. The average molecular weight is 397 g/mol. The van der Waals surface area contributed by atoms with Gasteiger partial charge in [-0.2, -0.15) is 0 Å². The summed E-state index contributed by atoms with van der Waals surface area (Å²) in [6.45, 7) is 5.59. The first-order chi connectivity index (χ1) is 13.9. The minimum atomic E-state index is -0.274. The molecule has 4 fully saturated rings. The molecule has 4 heterocycles. The number of aromatic amines is 1. The number of H-pyrrole nitrogens is 1. The Labute approximate surface area is 170 Å². The summed E-state index contributed by atoms with van der Waals surface area (Å²) in [5.74, 6) is 0.208. The highest BCUT2D eigenvalue weighted by Crippen LogP contribution is 2.46. The van der Waals surface area contributed by atoms with Crippen LogP contribution in [0.2, 0.25) is 0 Å². The molecule has 6 rings (SSSR count). The fourth-order valence-corrected chi connectivity index (χ4v) is 5.91. The van der Waals surface area contributed by atoms with Crippen molar-refractivity contribution in [1.82, 2.24) is 25.2 Å². The van der Waals surface area contributed by atoms with Gasteiger partial charge in [0.05, 0.1) is 0 Å². The number of carbonyl (C=O) groups is 1. The van der Waals surface area contributed by atoms with Crippen molar-refractivity contribution < 1.29 is 9.18 Å². The molecule has 2 aromatic rings. The average Bonchev–Trinajstić information content (AvgIpc) is 3.19. The van der Waals surface area contributed by atoms with E-state index in [1.807, 2.05) is 17.9 Å². The number of nitrogens with zero attached hydrogens (tertiary/aromatic N) is 3. The van der Waals surface area contributed by atoms with Crippen molar-refractivity contribution in [3.05, 3.63) is 35.3 Å². The number of hydrazine groups is 1. The maximum atomic E-state index is 13.7. The van der Waals surface area contributed by atoms with E-state index in [9.17, 15) is 9.18 Å². The summed E-state index contributed by atoms with van der Waals surface area (Å²) >= 11 is 0. The van der Waals surface area contributed by atoms with Crippen molar-refractivity contribution in [3.63, 3.8) is 0 Å². The summed E-state index contributed by atoms with van der Waals surface area (Å²) in [5, 5.41) is 3.40. The number of aryl methyl sites for hydroxylation is 1. The Morgan fingerprint density at radius 1 is 1.24 bits per heavy atom. The highest BCUT2D eigenvalue weighted by molar-refractivity contribution is 5.98. The number of fused-ring (bicyclic) bond motifs is 4. The van der Waals surface area contributed by atoms with Crippen LogP contribution in [0.3, 0.4) is 0 Å². The third-order valence-corrected chi connectivity index (χ3v) is 7.87. The zero-order valence-electron chi connectivity index (χ0n) is 17.0. The molecule has 1 aliphatic carbocycles. The minimum Gasteiger partial charge on any atom is -0.350 e. The maximum Gasteiger partial charge on any atom is 0.270 e. The van der Waals surface area contributed by atoms with Crippen molar-refractivity contribution >= 4 is 16.8 Å². The smallest absolute Gasteiger partial charge is 0.270 e. The van der Waals surface area contributed by atoms with E-state index in [1.54, 1.807) is 0 Å².